The van der Waals surface area contributed by atoms with E-state index in [0.29, 0.717) is 5.92 Å². The predicted molar refractivity (Wildman–Crippen MR) is 95.8 cm³/mol. The Hall–Kier alpha value is -0.633. The molecule has 22 heavy (non-hydrogen) atoms. The van der Waals surface area contributed by atoms with Gasteiger partial charge < -0.3 is 0 Å². The van der Waals surface area contributed by atoms with Crippen LogP contribution in [0.3, 0.4) is 0 Å². The van der Waals surface area contributed by atoms with Gasteiger partial charge in [-0.25, -0.2) is 4.39 Å². The molecule has 0 atom stereocenters. The van der Waals surface area contributed by atoms with Crippen LogP contribution < -0.4 is 0 Å². The van der Waals surface area contributed by atoms with Crippen molar-refractivity contribution in [2.24, 2.45) is 5.92 Å². The third kappa shape index (κ3) is 4.01. The maximum atomic E-state index is 13.1. The van der Waals surface area contributed by atoms with E-state index >= 15 is 0 Å². The van der Waals surface area contributed by atoms with Gasteiger partial charge in [0.25, 0.3) is 0 Å². The summed E-state index contributed by atoms with van der Waals surface area (Å²) in [5.74, 6) is 1.65. The minimum Gasteiger partial charge on any atom is -0.207 e. The van der Waals surface area contributed by atoms with Crippen molar-refractivity contribution in [2.45, 2.75) is 81.8 Å². The van der Waals surface area contributed by atoms with E-state index < -0.39 is 8.80 Å². The van der Waals surface area contributed by atoms with Crippen LogP contribution in [0.15, 0.2) is 24.3 Å². The Balaban J connectivity index is 1.47. The van der Waals surface area contributed by atoms with Crippen molar-refractivity contribution >= 4 is 8.80 Å². The molecule has 122 valence electrons. The van der Waals surface area contributed by atoms with E-state index in [1.54, 1.807) is 25.0 Å². The van der Waals surface area contributed by atoms with E-state index in [-0.39, 0.29) is 5.82 Å². The molecule has 0 unspecified atom stereocenters. The smallest absolute Gasteiger partial charge is 0.123 e. The van der Waals surface area contributed by atoms with Gasteiger partial charge in [-0.05, 0) is 47.9 Å². The SMILES string of the molecule is CCC[C@H]1CC[C@H]([SiH]2CCC(c3ccc(F)cc3)CC2)CC1. The van der Waals surface area contributed by atoms with Crippen molar-refractivity contribution in [3.05, 3.63) is 35.6 Å². The molecular formula is C20H31FSi. The zero-order valence-corrected chi connectivity index (χ0v) is 15.2. The molecule has 0 N–H and O–H groups in total. The van der Waals surface area contributed by atoms with Crippen LogP contribution in [0.1, 0.15) is 69.8 Å². The Labute approximate surface area is 137 Å². The number of hydrogen-bond acceptors (Lipinski definition) is 0. The number of benzene rings is 1. The highest BCUT2D eigenvalue weighted by Gasteiger charge is 2.31. The van der Waals surface area contributed by atoms with Crippen LogP contribution in [0.5, 0.6) is 0 Å². The van der Waals surface area contributed by atoms with Crippen LogP contribution in [0.25, 0.3) is 0 Å². The maximum absolute atomic E-state index is 13.1. The highest BCUT2D eigenvalue weighted by atomic mass is 28.3. The van der Waals surface area contributed by atoms with E-state index in [9.17, 15) is 4.39 Å². The summed E-state index contributed by atoms with van der Waals surface area (Å²) < 4.78 is 13.1. The average Bonchev–Trinajstić information content (AvgIpc) is 2.57. The van der Waals surface area contributed by atoms with Crippen molar-refractivity contribution in [2.75, 3.05) is 0 Å². The monoisotopic (exact) mass is 318 g/mol. The molecule has 1 heterocycles. The van der Waals surface area contributed by atoms with Gasteiger partial charge in [0.2, 0.25) is 0 Å². The van der Waals surface area contributed by atoms with E-state index in [1.807, 2.05) is 12.1 Å². The summed E-state index contributed by atoms with van der Waals surface area (Å²) in [5.41, 5.74) is 2.52. The molecule has 1 aromatic rings. The summed E-state index contributed by atoms with van der Waals surface area (Å²) in [7, 11) is -0.501. The largest absolute Gasteiger partial charge is 0.207 e. The second kappa shape index (κ2) is 7.76. The molecule has 1 saturated carbocycles. The molecule has 1 saturated heterocycles. The van der Waals surface area contributed by atoms with E-state index in [4.69, 9.17) is 0 Å². The first-order valence-corrected chi connectivity index (χ1v) is 11.8. The van der Waals surface area contributed by atoms with Gasteiger partial charge in [-0.1, -0.05) is 69.7 Å². The van der Waals surface area contributed by atoms with Gasteiger partial charge in [0.15, 0.2) is 0 Å². The molecule has 2 aliphatic rings. The fourth-order valence-electron chi connectivity index (χ4n) is 5.02. The van der Waals surface area contributed by atoms with Crippen molar-refractivity contribution in [1.82, 2.24) is 0 Å². The third-order valence-electron chi connectivity index (χ3n) is 6.37. The molecule has 2 fully saturated rings. The molecule has 1 aromatic carbocycles. The van der Waals surface area contributed by atoms with E-state index in [0.717, 1.165) is 11.5 Å². The van der Waals surface area contributed by atoms with Gasteiger partial charge in [0.05, 0.1) is 0 Å². The standard InChI is InChI=1S/C20H31FSi/c1-2-3-16-4-10-20(11-5-16)22-14-12-18(13-15-22)17-6-8-19(21)9-7-17/h6-9,16,18,20,22H,2-5,10-15H2,1H3/t16-,18?,20-,22?. The summed E-state index contributed by atoms with van der Waals surface area (Å²) in [6.07, 6.45) is 11.7. The molecule has 0 bridgehead atoms. The molecule has 0 amide bonds. The zero-order valence-electron chi connectivity index (χ0n) is 14.1. The van der Waals surface area contributed by atoms with Crippen molar-refractivity contribution < 1.29 is 4.39 Å². The Morgan fingerprint density at radius 2 is 1.59 bits per heavy atom. The van der Waals surface area contributed by atoms with Gasteiger partial charge in [0.1, 0.15) is 5.82 Å². The molecule has 1 aliphatic carbocycles. The van der Waals surface area contributed by atoms with E-state index in [2.05, 4.69) is 6.92 Å². The third-order valence-corrected chi connectivity index (χ3v) is 10.5. The highest BCUT2D eigenvalue weighted by molar-refractivity contribution is 6.60. The van der Waals surface area contributed by atoms with Crippen LogP contribution >= 0.6 is 0 Å². The maximum Gasteiger partial charge on any atom is 0.123 e. The van der Waals surface area contributed by atoms with Crippen LogP contribution in [0, 0.1) is 11.7 Å². The summed E-state index contributed by atoms with van der Waals surface area (Å²) in [6.45, 7) is 2.33. The quantitative estimate of drug-likeness (QED) is 0.572. The lowest BCUT2D eigenvalue weighted by molar-refractivity contribution is 0.332. The van der Waals surface area contributed by atoms with Crippen LogP contribution in [-0.4, -0.2) is 8.80 Å². The molecule has 0 radical (unpaired) electrons. The number of rotatable bonds is 4. The molecule has 3 rings (SSSR count). The molecule has 0 aromatic heterocycles. The topological polar surface area (TPSA) is 0 Å². The highest BCUT2D eigenvalue weighted by Crippen LogP contribution is 2.43. The van der Waals surface area contributed by atoms with E-state index in [1.165, 1.54) is 56.2 Å². The van der Waals surface area contributed by atoms with Crippen molar-refractivity contribution in [3.8, 4) is 0 Å². The summed E-state index contributed by atoms with van der Waals surface area (Å²) in [5, 5.41) is 0. The second-order valence-corrected chi connectivity index (χ2v) is 11.4. The van der Waals surface area contributed by atoms with Gasteiger partial charge >= 0.3 is 0 Å². The molecule has 0 nitrogen and oxygen atoms in total. The lowest BCUT2D eigenvalue weighted by Crippen LogP contribution is -2.29. The Morgan fingerprint density at radius 3 is 2.18 bits per heavy atom. The average molecular weight is 319 g/mol. The summed E-state index contributed by atoms with van der Waals surface area (Å²) >= 11 is 0. The van der Waals surface area contributed by atoms with Crippen molar-refractivity contribution in [3.63, 3.8) is 0 Å². The first-order chi connectivity index (χ1) is 10.8. The minimum atomic E-state index is -0.501. The molecule has 1 aliphatic heterocycles. The molecule has 0 spiro atoms. The second-order valence-electron chi connectivity index (χ2n) is 7.73. The Bertz CT molecular complexity index is 439. The first kappa shape index (κ1) is 16.2. The molecule has 2 heteroatoms. The van der Waals surface area contributed by atoms with Gasteiger partial charge in [0, 0.05) is 8.80 Å². The van der Waals surface area contributed by atoms with Gasteiger partial charge in [-0.15, -0.1) is 0 Å². The van der Waals surface area contributed by atoms with Crippen LogP contribution in [0.2, 0.25) is 17.6 Å². The predicted octanol–water partition coefficient (Wildman–Crippen LogP) is 6.29. The molecular weight excluding hydrogens is 287 g/mol. The Morgan fingerprint density at radius 1 is 0.955 bits per heavy atom. The fourth-order valence-corrected chi connectivity index (χ4v) is 9.24. The Kier molecular flexibility index (Phi) is 5.73. The van der Waals surface area contributed by atoms with Crippen LogP contribution in [-0.2, 0) is 0 Å². The number of hydrogen-bond donors (Lipinski definition) is 0. The normalized spacial score (nSPS) is 32.8. The minimum absolute atomic E-state index is 0.101. The zero-order chi connectivity index (χ0) is 15.4. The van der Waals surface area contributed by atoms with Crippen molar-refractivity contribution in [1.29, 1.82) is 0 Å². The summed E-state index contributed by atoms with van der Waals surface area (Å²) in [6, 6.07) is 10.4. The van der Waals surface area contributed by atoms with Gasteiger partial charge in [-0.3, -0.25) is 0 Å². The lowest BCUT2D eigenvalue weighted by atomic mass is 9.86. The van der Waals surface area contributed by atoms with Crippen LogP contribution in [0.4, 0.5) is 4.39 Å². The van der Waals surface area contributed by atoms with Gasteiger partial charge in [-0.2, -0.15) is 0 Å². The lowest BCUT2D eigenvalue weighted by Gasteiger charge is -2.37. The summed E-state index contributed by atoms with van der Waals surface area (Å²) in [4.78, 5) is 0. The number of halogens is 1. The first-order valence-electron chi connectivity index (χ1n) is 9.51. The fraction of sp³-hybridized carbons (Fsp3) is 0.700.